The summed E-state index contributed by atoms with van der Waals surface area (Å²) in [6, 6.07) is 0. The van der Waals surface area contributed by atoms with Gasteiger partial charge in [0.05, 0.1) is 6.54 Å². The third-order valence-corrected chi connectivity index (χ3v) is 5.84. The predicted molar refractivity (Wildman–Crippen MR) is 92.4 cm³/mol. The van der Waals surface area contributed by atoms with Crippen LogP contribution < -0.4 is 16.0 Å². The quantitative estimate of drug-likeness (QED) is 0.613. The fourth-order valence-electron chi connectivity index (χ4n) is 5.48. The molecule has 0 spiro atoms. The number of nitrogens with one attached hydrogen (secondary N) is 3. The summed E-state index contributed by atoms with van der Waals surface area (Å²) in [5.41, 5.74) is 0.251. The predicted octanol–water partition coefficient (Wildman–Crippen LogP) is 1.47. The Kier molecular flexibility index (Phi) is 6.32. The van der Waals surface area contributed by atoms with Crippen molar-refractivity contribution in [3.05, 3.63) is 0 Å². The molecule has 4 saturated carbocycles. The molecule has 0 radical (unpaired) electrons. The normalized spacial score (nSPS) is 33.9. The average Bonchev–Trinajstić information content (AvgIpc) is 2.43. The van der Waals surface area contributed by atoms with Crippen LogP contribution in [-0.2, 0) is 9.59 Å². The largest absolute Gasteiger partial charge is 0.353 e. The number of likely N-dealkylation sites (N-methyl/N-ethyl adjacent to an activating group) is 1. The lowest BCUT2D eigenvalue weighted by atomic mass is 9.49. The monoisotopic (exact) mass is 343 g/mol. The number of amides is 2. The van der Waals surface area contributed by atoms with Gasteiger partial charge in [-0.3, -0.25) is 9.59 Å². The van der Waals surface area contributed by atoms with Gasteiger partial charge in [0.15, 0.2) is 0 Å². The molecule has 0 heterocycles. The van der Waals surface area contributed by atoms with Gasteiger partial charge in [0.2, 0.25) is 11.8 Å². The second-order valence-electron chi connectivity index (χ2n) is 7.82. The summed E-state index contributed by atoms with van der Waals surface area (Å²) in [4.78, 5) is 23.9. The number of carbonyl (C=O) groups is 2. The molecule has 2 amide bonds. The maximum atomic E-state index is 12.3. The number of halogens is 1. The summed E-state index contributed by atoms with van der Waals surface area (Å²) >= 11 is 0. The van der Waals surface area contributed by atoms with E-state index in [1.165, 1.54) is 38.5 Å². The maximum Gasteiger partial charge on any atom is 0.239 e. The smallest absolute Gasteiger partial charge is 0.239 e. The summed E-state index contributed by atoms with van der Waals surface area (Å²) in [5.74, 6) is 2.55. The summed E-state index contributed by atoms with van der Waals surface area (Å²) in [7, 11) is 1.85. The van der Waals surface area contributed by atoms with Gasteiger partial charge in [-0.25, -0.2) is 0 Å². The van der Waals surface area contributed by atoms with Crippen molar-refractivity contribution in [1.82, 2.24) is 16.0 Å². The molecule has 4 bridgehead atoms. The summed E-state index contributed by atoms with van der Waals surface area (Å²) in [5, 5.41) is 8.57. The van der Waals surface area contributed by atoms with E-state index in [-0.39, 0.29) is 36.2 Å². The van der Waals surface area contributed by atoms with E-state index >= 15 is 0 Å². The first-order chi connectivity index (χ1) is 10.6. The van der Waals surface area contributed by atoms with Crippen LogP contribution in [0.2, 0.25) is 0 Å². The number of hydrogen-bond donors (Lipinski definition) is 3. The molecule has 0 aromatic rings. The van der Waals surface area contributed by atoms with E-state index in [4.69, 9.17) is 0 Å². The minimum atomic E-state index is -0.103. The van der Waals surface area contributed by atoms with E-state index in [1.54, 1.807) is 0 Å². The van der Waals surface area contributed by atoms with E-state index in [9.17, 15) is 9.59 Å². The third kappa shape index (κ3) is 4.60. The molecule has 4 rings (SSSR count). The zero-order chi connectivity index (χ0) is 15.6. The van der Waals surface area contributed by atoms with Gasteiger partial charge in [-0.05, 0) is 68.7 Å². The zero-order valence-electron chi connectivity index (χ0n) is 14.0. The lowest BCUT2D eigenvalue weighted by molar-refractivity contribution is -0.131. The number of rotatable bonds is 7. The van der Waals surface area contributed by atoms with Crippen LogP contribution in [0.5, 0.6) is 0 Å². The van der Waals surface area contributed by atoms with Crippen molar-refractivity contribution in [1.29, 1.82) is 0 Å². The van der Waals surface area contributed by atoms with Crippen LogP contribution in [0.1, 0.15) is 44.9 Å². The molecular weight excluding hydrogens is 314 g/mol. The first-order valence-corrected chi connectivity index (χ1v) is 8.76. The third-order valence-electron chi connectivity index (χ3n) is 5.84. The van der Waals surface area contributed by atoms with Crippen molar-refractivity contribution in [2.45, 2.75) is 44.9 Å². The minimum absolute atomic E-state index is 0. The molecule has 4 aliphatic carbocycles. The van der Waals surface area contributed by atoms with E-state index in [0.717, 1.165) is 24.3 Å². The van der Waals surface area contributed by atoms with Gasteiger partial charge >= 0.3 is 0 Å². The van der Waals surface area contributed by atoms with E-state index in [0.29, 0.717) is 13.0 Å². The Balaban J connectivity index is 0.00000192. The van der Waals surface area contributed by atoms with Gasteiger partial charge < -0.3 is 16.0 Å². The highest BCUT2D eigenvalue weighted by molar-refractivity contribution is 5.85. The molecule has 0 saturated heterocycles. The second-order valence-corrected chi connectivity index (χ2v) is 7.82. The van der Waals surface area contributed by atoms with E-state index < -0.39 is 0 Å². The van der Waals surface area contributed by atoms with Crippen LogP contribution in [-0.4, -0.2) is 38.5 Å². The maximum absolute atomic E-state index is 12.3. The summed E-state index contributed by atoms with van der Waals surface area (Å²) < 4.78 is 0. The van der Waals surface area contributed by atoms with Gasteiger partial charge in [-0.1, -0.05) is 0 Å². The second kappa shape index (κ2) is 7.84. The molecule has 0 aromatic heterocycles. The molecule has 0 unspecified atom stereocenters. The van der Waals surface area contributed by atoms with E-state index in [2.05, 4.69) is 16.0 Å². The molecule has 3 N–H and O–H groups in total. The molecule has 132 valence electrons. The lowest BCUT2D eigenvalue weighted by Crippen LogP contribution is -2.48. The van der Waals surface area contributed by atoms with Gasteiger partial charge in [-0.2, -0.15) is 0 Å². The highest BCUT2D eigenvalue weighted by Gasteiger charge is 2.51. The topological polar surface area (TPSA) is 70.2 Å². The zero-order valence-corrected chi connectivity index (χ0v) is 14.8. The van der Waals surface area contributed by atoms with Crippen molar-refractivity contribution in [2.24, 2.45) is 23.2 Å². The van der Waals surface area contributed by atoms with Gasteiger partial charge in [0.1, 0.15) is 0 Å². The Morgan fingerprint density at radius 1 is 0.913 bits per heavy atom. The molecule has 4 fully saturated rings. The SMILES string of the molecule is CNCCNC(=O)CNC(=O)CC12CC3CC(CC(C3)C1)C2.Cl. The highest BCUT2D eigenvalue weighted by Crippen LogP contribution is 2.61. The Morgan fingerprint density at radius 2 is 1.48 bits per heavy atom. The van der Waals surface area contributed by atoms with Crippen molar-refractivity contribution >= 4 is 24.2 Å². The molecule has 5 nitrogen and oxygen atoms in total. The number of carbonyl (C=O) groups excluding carboxylic acids is 2. The Hall–Kier alpha value is -0.810. The van der Waals surface area contributed by atoms with Gasteiger partial charge in [0, 0.05) is 19.5 Å². The summed E-state index contributed by atoms with van der Waals surface area (Å²) in [6.45, 7) is 1.45. The molecule has 23 heavy (non-hydrogen) atoms. The molecule has 0 aliphatic heterocycles. The molecular formula is C17H30ClN3O2. The van der Waals surface area contributed by atoms with Gasteiger partial charge in [-0.15, -0.1) is 12.4 Å². The standard InChI is InChI=1S/C17H29N3O2.ClH/c1-18-2-3-19-16(22)11-20-15(21)10-17-7-12-4-13(8-17)6-14(5-12)9-17;/h12-14,18H,2-11H2,1H3,(H,19,22)(H,20,21);1H. The van der Waals surface area contributed by atoms with Gasteiger partial charge in [0.25, 0.3) is 0 Å². The van der Waals surface area contributed by atoms with Crippen LogP contribution in [0.4, 0.5) is 0 Å². The Labute approximate surface area is 145 Å². The molecule has 0 aromatic carbocycles. The molecule has 4 aliphatic rings. The lowest BCUT2D eigenvalue weighted by Gasteiger charge is -2.56. The average molecular weight is 344 g/mol. The van der Waals surface area contributed by atoms with Crippen molar-refractivity contribution in [3.8, 4) is 0 Å². The fourth-order valence-corrected chi connectivity index (χ4v) is 5.48. The minimum Gasteiger partial charge on any atom is -0.353 e. The summed E-state index contributed by atoms with van der Waals surface area (Å²) in [6.07, 6.45) is 8.53. The first-order valence-electron chi connectivity index (χ1n) is 8.76. The van der Waals surface area contributed by atoms with Crippen LogP contribution in [0.3, 0.4) is 0 Å². The molecule has 0 atom stereocenters. The highest BCUT2D eigenvalue weighted by atomic mass is 35.5. The van der Waals surface area contributed by atoms with E-state index in [1.807, 2.05) is 7.05 Å². The van der Waals surface area contributed by atoms with Crippen molar-refractivity contribution in [2.75, 3.05) is 26.7 Å². The van der Waals surface area contributed by atoms with Crippen LogP contribution in [0.15, 0.2) is 0 Å². The number of hydrogen-bond acceptors (Lipinski definition) is 3. The van der Waals surface area contributed by atoms with Crippen molar-refractivity contribution < 1.29 is 9.59 Å². The van der Waals surface area contributed by atoms with Crippen molar-refractivity contribution in [3.63, 3.8) is 0 Å². The van der Waals surface area contributed by atoms with Crippen LogP contribution in [0.25, 0.3) is 0 Å². The molecule has 6 heteroatoms. The first kappa shape index (κ1) is 18.5. The Morgan fingerprint density at radius 3 is 2.00 bits per heavy atom. The fraction of sp³-hybridized carbons (Fsp3) is 0.882. The Bertz CT molecular complexity index is 406. The van der Waals surface area contributed by atoms with Crippen LogP contribution >= 0.6 is 12.4 Å². The van der Waals surface area contributed by atoms with Crippen LogP contribution in [0, 0.1) is 23.2 Å².